The van der Waals surface area contributed by atoms with Gasteiger partial charge in [-0.05, 0) is 31.0 Å². The summed E-state index contributed by atoms with van der Waals surface area (Å²) in [5, 5.41) is 0.406. The van der Waals surface area contributed by atoms with E-state index in [0.29, 0.717) is 29.1 Å². The third-order valence-electron chi connectivity index (χ3n) is 5.71. The molecule has 0 unspecified atom stereocenters. The van der Waals surface area contributed by atoms with Gasteiger partial charge in [0.25, 0.3) is 0 Å². The molecule has 0 spiro atoms. The van der Waals surface area contributed by atoms with Crippen molar-refractivity contribution >= 4 is 44.6 Å². The third-order valence-corrected chi connectivity index (χ3v) is 9.29. The van der Waals surface area contributed by atoms with E-state index < -0.39 is 21.1 Å². The maximum absolute atomic E-state index is 15.8. The first kappa shape index (κ1) is 24.8. The zero-order valence-electron chi connectivity index (χ0n) is 19.2. The van der Waals surface area contributed by atoms with Crippen LogP contribution >= 0.6 is 22.9 Å². The van der Waals surface area contributed by atoms with Crippen molar-refractivity contribution in [2.75, 3.05) is 10.5 Å². The number of nitrogens with one attached hydrogen (secondary N) is 1. The molecular formula is C23H27ClFN5O2S2. The number of nitrogens with two attached hydrogens (primary N) is 1. The van der Waals surface area contributed by atoms with Gasteiger partial charge < -0.3 is 5.73 Å². The summed E-state index contributed by atoms with van der Waals surface area (Å²) in [5.74, 6) is -0.653. The zero-order chi connectivity index (χ0) is 24.7. The Morgan fingerprint density at radius 2 is 1.88 bits per heavy atom. The molecule has 1 saturated carbocycles. The Morgan fingerprint density at radius 3 is 2.53 bits per heavy atom. The first-order valence-corrected chi connectivity index (χ1v) is 13.8. The van der Waals surface area contributed by atoms with E-state index in [-0.39, 0.29) is 27.6 Å². The molecule has 0 radical (unpaired) electrons. The molecule has 34 heavy (non-hydrogen) atoms. The molecule has 0 amide bonds. The molecule has 1 fully saturated rings. The molecule has 1 aliphatic rings. The zero-order valence-corrected chi connectivity index (χ0v) is 21.6. The predicted molar refractivity (Wildman–Crippen MR) is 136 cm³/mol. The third kappa shape index (κ3) is 5.18. The SMILES string of the molecule is CC(C)(C)c1nc(-c2cc(Cl)cc(NS(=O)(=O)C3CCCCC3)c2F)c(-c2ccnc(N)n2)s1. The number of hydrogen-bond donors (Lipinski definition) is 2. The summed E-state index contributed by atoms with van der Waals surface area (Å²) >= 11 is 7.71. The average Bonchev–Trinajstić information content (AvgIpc) is 3.22. The summed E-state index contributed by atoms with van der Waals surface area (Å²) < 4.78 is 44.2. The lowest BCUT2D eigenvalue weighted by Crippen LogP contribution is -2.30. The van der Waals surface area contributed by atoms with Crippen LogP contribution in [0.2, 0.25) is 5.02 Å². The van der Waals surface area contributed by atoms with E-state index in [1.54, 1.807) is 6.07 Å². The van der Waals surface area contributed by atoms with E-state index in [0.717, 1.165) is 24.3 Å². The van der Waals surface area contributed by atoms with Crippen molar-refractivity contribution in [1.82, 2.24) is 15.0 Å². The van der Waals surface area contributed by atoms with Gasteiger partial charge in [0.05, 0.1) is 32.2 Å². The van der Waals surface area contributed by atoms with Gasteiger partial charge in [-0.15, -0.1) is 11.3 Å². The van der Waals surface area contributed by atoms with E-state index >= 15 is 4.39 Å². The van der Waals surface area contributed by atoms with E-state index in [9.17, 15) is 8.42 Å². The monoisotopic (exact) mass is 523 g/mol. The van der Waals surface area contributed by atoms with E-state index in [2.05, 4.69) is 14.7 Å². The fraction of sp³-hybridized carbons (Fsp3) is 0.435. The van der Waals surface area contributed by atoms with Crippen LogP contribution in [0.1, 0.15) is 57.9 Å². The second-order valence-electron chi connectivity index (χ2n) is 9.47. The van der Waals surface area contributed by atoms with Crippen molar-refractivity contribution in [3.05, 3.63) is 40.2 Å². The van der Waals surface area contributed by atoms with Gasteiger partial charge in [-0.2, -0.15) is 0 Å². The van der Waals surface area contributed by atoms with Crippen LogP contribution in [-0.4, -0.2) is 28.6 Å². The van der Waals surface area contributed by atoms with Gasteiger partial charge in [-0.1, -0.05) is 51.6 Å². The van der Waals surface area contributed by atoms with Crippen molar-refractivity contribution in [2.24, 2.45) is 0 Å². The summed E-state index contributed by atoms with van der Waals surface area (Å²) in [6, 6.07) is 4.42. The normalized spacial score (nSPS) is 15.4. The fourth-order valence-corrected chi connectivity index (χ4v) is 6.85. The lowest BCUT2D eigenvalue weighted by atomic mass is 9.98. The number of anilines is 2. The number of sulfonamides is 1. The van der Waals surface area contributed by atoms with Crippen LogP contribution in [0.5, 0.6) is 0 Å². The van der Waals surface area contributed by atoms with E-state index in [1.807, 2.05) is 20.8 Å². The number of aromatic nitrogens is 3. The first-order valence-electron chi connectivity index (χ1n) is 11.1. The molecule has 1 aromatic carbocycles. The highest BCUT2D eigenvalue weighted by atomic mass is 35.5. The van der Waals surface area contributed by atoms with Gasteiger partial charge in [0.2, 0.25) is 16.0 Å². The van der Waals surface area contributed by atoms with Crippen LogP contribution in [0.3, 0.4) is 0 Å². The Morgan fingerprint density at radius 1 is 1.18 bits per heavy atom. The average molecular weight is 524 g/mol. The Hall–Kier alpha value is -2.30. The first-order chi connectivity index (χ1) is 16.0. The van der Waals surface area contributed by atoms with Crippen LogP contribution < -0.4 is 10.5 Å². The molecule has 0 aliphatic heterocycles. The summed E-state index contributed by atoms with van der Waals surface area (Å²) in [6.45, 7) is 6.02. The summed E-state index contributed by atoms with van der Waals surface area (Å²) in [6.07, 6.45) is 5.34. The molecule has 0 atom stereocenters. The van der Waals surface area contributed by atoms with Gasteiger partial charge in [0, 0.05) is 22.2 Å². The molecule has 1 aliphatic carbocycles. The highest BCUT2D eigenvalue weighted by molar-refractivity contribution is 7.93. The summed E-state index contributed by atoms with van der Waals surface area (Å²) in [4.78, 5) is 13.5. The summed E-state index contributed by atoms with van der Waals surface area (Å²) in [5.41, 5.74) is 6.20. The number of thiazole rings is 1. The van der Waals surface area contributed by atoms with Gasteiger partial charge in [0.1, 0.15) is 0 Å². The minimum atomic E-state index is -3.76. The Bertz CT molecular complexity index is 1320. The minimum Gasteiger partial charge on any atom is -0.368 e. The van der Waals surface area contributed by atoms with E-state index in [1.165, 1.54) is 29.7 Å². The fourth-order valence-electron chi connectivity index (χ4n) is 3.95. The number of benzene rings is 1. The highest BCUT2D eigenvalue weighted by Crippen LogP contribution is 2.43. The van der Waals surface area contributed by atoms with Crippen molar-refractivity contribution in [1.29, 1.82) is 0 Å². The van der Waals surface area contributed by atoms with Crippen LogP contribution in [0.4, 0.5) is 16.0 Å². The van der Waals surface area contributed by atoms with Crippen molar-refractivity contribution in [2.45, 2.75) is 63.5 Å². The predicted octanol–water partition coefficient (Wildman–Crippen LogP) is 6.01. The topological polar surface area (TPSA) is 111 Å². The molecule has 2 aromatic heterocycles. The van der Waals surface area contributed by atoms with Gasteiger partial charge >= 0.3 is 0 Å². The maximum Gasteiger partial charge on any atom is 0.235 e. The van der Waals surface area contributed by atoms with Gasteiger partial charge in [0.15, 0.2) is 5.82 Å². The maximum atomic E-state index is 15.8. The summed E-state index contributed by atoms with van der Waals surface area (Å²) in [7, 11) is -3.76. The van der Waals surface area contributed by atoms with E-state index in [4.69, 9.17) is 22.3 Å². The molecule has 7 nitrogen and oxygen atoms in total. The molecule has 11 heteroatoms. The van der Waals surface area contributed by atoms with Crippen LogP contribution in [0.15, 0.2) is 24.4 Å². The number of halogens is 2. The Labute approximate surface area is 208 Å². The van der Waals surface area contributed by atoms with Gasteiger partial charge in [-0.25, -0.2) is 27.8 Å². The van der Waals surface area contributed by atoms with Crippen molar-refractivity contribution < 1.29 is 12.8 Å². The lowest BCUT2D eigenvalue weighted by molar-refractivity contribution is 0.486. The standard InChI is InChI=1S/C23H27ClFN5O2S2/c1-23(2,3)21-29-19(20(33-21)16-9-10-27-22(26)28-16)15-11-13(24)12-17(18(15)25)30-34(31,32)14-7-5-4-6-8-14/h9-12,14,30H,4-8H2,1-3H3,(H2,26,27,28). The van der Waals surface area contributed by atoms with Crippen LogP contribution in [0, 0.1) is 5.82 Å². The molecule has 0 bridgehead atoms. The Kier molecular flexibility index (Phi) is 6.85. The van der Waals surface area contributed by atoms with Crippen molar-refractivity contribution in [3.63, 3.8) is 0 Å². The smallest absolute Gasteiger partial charge is 0.235 e. The number of nitrogen functional groups attached to an aromatic ring is 1. The van der Waals surface area contributed by atoms with Crippen LogP contribution in [0.25, 0.3) is 21.8 Å². The van der Waals surface area contributed by atoms with Crippen molar-refractivity contribution in [3.8, 4) is 21.8 Å². The molecule has 4 rings (SSSR count). The molecule has 2 heterocycles. The second-order valence-corrected chi connectivity index (χ2v) is 12.9. The van der Waals surface area contributed by atoms with Gasteiger partial charge in [-0.3, -0.25) is 4.72 Å². The van der Waals surface area contributed by atoms with Crippen LogP contribution in [-0.2, 0) is 15.4 Å². The number of rotatable bonds is 5. The highest BCUT2D eigenvalue weighted by Gasteiger charge is 2.30. The minimum absolute atomic E-state index is 0.0849. The largest absolute Gasteiger partial charge is 0.368 e. The number of nitrogens with zero attached hydrogens (tertiary/aromatic N) is 3. The lowest BCUT2D eigenvalue weighted by Gasteiger charge is -2.23. The quantitative estimate of drug-likeness (QED) is 0.423. The Balaban J connectivity index is 1.83. The molecule has 3 aromatic rings. The molecular weight excluding hydrogens is 497 g/mol. The molecule has 0 saturated heterocycles. The molecule has 182 valence electrons. The number of hydrogen-bond acceptors (Lipinski definition) is 7. The second kappa shape index (κ2) is 9.39. The molecule has 3 N–H and O–H groups in total.